The molecule has 0 amide bonds. The second-order valence-corrected chi connectivity index (χ2v) is 6.44. The minimum atomic E-state index is 0.218. The van der Waals surface area contributed by atoms with Crippen LogP contribution in [-0.4, -0.2) is 25.0 Å². The Bertz CT molecular complexity index is 476. The van der Waals surface area contributed by atoms with E-state index in [2.05, 4.69) is 56.1 Å². The van der Waals surface area contributed by atoms with Crippen molar-refractivity contribution in [1.29, 1.82) is 0 Å². The molecule has 0 bridgehead atoms. The maximum absolute atomic E-state index is 2.52. The van der Waals surface area contributed by atoms with Crippen LogP contribution in [0, 0.1) is 5.92 Å². The van der Waals surface area contributed by atoms with Crippen LogP contribution in [0.15, 0.2) is 30.3 Å². The zero-order valence-electron chi connectivity index (χ0n) is 11.7. The molecule has 0 N–H and O–H groups in total. The molecule has 18 heavy (non-hydrogen) atoms. The van der Waals surface area contributed by atoms with Crippen LogP contribution in [0.25, 0.3) is 5.57 Å². The van der Waals surface area contributed by atoms with Crippen molar-refractivity contribution in [3.8, 4) is 0 Å². The van der Waals surface area contributed by atoms with E-state index in [0.717, 1.165) is 5.92 Å². The number of benzene rings is 1. The molecule has 1 aliphatic heterocycles. The van der Waals surface area contributed by atoms with Gasteiger partial charge in [0.05, 0.1) is 0 Å². The highest BCUT2D eigenvalue weighted by atomic mass is 15.1. The molecule has 3 rings (SSSR count). The zero-order valence-corrected chi connectivity index (χ0v) is 11.7. The second kappa shape index (κ2) is 4.24. The number of hydrogen-bond donors (Lipinski definition) is 0. The van der Waals surface area contributed by atoms with Crippen LogP contribution in [0.4, 0.5) is 0 Å². The summed E-state index contributed by atoms with van der Waals surface area (Å²) in [6.07, 6.45) is 5.15. The molecule has 1 nitrogen and oxygen atoms in total. The first-order valence-corrected chi connectivity index (χ1v) is 7.09. The summed E-state index contributed by atoms with van der Waals surface area (Å²) in [4.78, 5) is 2.45. The first kappa shape index (κ1) is 12.0. The summed E-state index contributed by atoms with van der Waals surface area (Å²) in [6.45, 7) is 7.16. The van der Waals surface area contributed by atoms with E-state index in [0.29, 0.717) is 0 Å². The fraction of sp³-hybridized carbons (Fsp3) is 0.529. The molecule has 1 heterocycles. The Labute approximate surface area is 111 Å². The molecule has 0 unspecified atom stereocenters. The van der Waals surface area contributed by atoms with Gasteiger partial charge in [0.15, 0.2) is 0 Å². The number of rotatable bonds is 1. The van der Waals surface area contributed by atoms with E-state index in [9.17, 15) is 0 Å². The van der Waals surface area contributed by atoms with E-state index < -0.39 is 0 Å². The van der Waals surface area contributed by atoms with Crippen molar-refractivity contribution < 1.29 is 0 Å². The van der Waals surface area contributed by atoms with Gasteiger partial charge in [0.2, 0.25) is 0 Å². The van der Waals surface area contributed by atoms with Crippen LogP contribution >= 0.6 is 0 Å². The Balaban J connectivity index is 1.94. The maximum Gasteiger partial charge on any atom is 0.00874 e. The molecule has 0 aromatic heterocycles. The van der Waals surface area contributed by atoms with Crippen LogP contribution in [0.1, 0.15) is 37.8 Å². The van der Waals surface area contributed by atoms with Gasteiger partial charge >= 0.3 is 0 Å². The third-order valence-electron chi connectivity index (χ3n) is 4.61. The van der Waals surface area contributed by atoms with E-state index in [1.807, 2.05) is 0 Å². The lowest BCUT2D eigenvalue weighted by Crippen LogP contribution is -2.30. The van der Waals surface area contributed by atoms with E-state index in [1.54, 1.807) is 5.57 Å². The Morgan fingerprint density at radius 1 is 1.11 bits per heavy atom. The summed E-state index contributed by atoms with van der Waals surface area (Å²) >= 11 is 0. The minimum Gasteiger partial charge on any atom is -0.306 e. The standard InChI is InChI=1S/C17H23N/c1-17(2)12-15(13-8-10-18(3)11-9-13)14-6-4-5-7-16(14)17/h4-7,12-13H,8-11H2,1-3H3. The van der Waals surface area contributed by atoms with Crippen molar-refractivity contribution in [1.82, 2.24) is 4.90 Å². The molecule has 0 saturated carbocycles. The summed E-state index contributed by atoms with van der Waals surface area (Å²) in [6, 6.07) is 8.97. The lowest BCUT2D eigenvalue weighted by Gasteiger charge is -2.30. The molecule has 0 radical (unpaired) electrons. The number of hydrogen-bond acceptors (Lipinski definition) is 1. The molecular formula is C17H23N. The van der Waals surface area contributed by atoms with Gasteiger partial charge in [-0.05, 0) is 55.6 Å². The molecule has 2 aliphatic rings. The maximum atomic E-state index is 2.52. The SMILES string of the molecule is CN1CCC(C2=CC(C)(C)c3ccccc32)CC1. The van der Waals surface area contributed by atoms with Gasteiger partial charge in [-0.2, -0.15) is 0 Å². The van der Waals surface area contributed by atoms with Gasteiger partial charge in [-0.15, -0.1) is 0 Å². The molecule has 1 aromatic rings. The minimum absolute atomic E-state index is 0.218. The highest BCUT2D eigenvalue weighted by Gasteiger charge is 2.33. The molecule has 1 heteroatoms. The molecule has 1 aliphatic carbocycles. The average molecular weight is 241 g/mol. The number of piperidine rings is 1. The third-order valence-corrected chi connectivity index (χ3v) is 4.61. The predicted octanol–water partition coefficient (Wildman–Crippen LogP) is 3.70. The van der Waals surface area contributed by atoms with Gasteiger partial charge in [-0.25, -0.2) is 0 Å². The van der Waals surface area contributed by atoms with Crippen LogP contribution < -0.4 is 0 Å². The summed E-state index contributed by atoms with van der Waals surface area (Å²) in [5, 5.41) is 0. The van der Waals surface area contributed by atoms with Crippen LogP contribution in [0.2, 0.25) is 0 Å². The number of allylic oxidation sites excluding steroid dienone is 2. The smallest absolute Gasteiger partial charge is 0.00874 e. The van der Waals surface area contributed by atoms with E-state index in [4.69, 9.17) is 0 Å². The molecule has 1 saturated heterocycles. The van der Waals surface area contributed by atoms with Crippen molar-refractivity contribution in [2.24, 2.45) is 5.92 Å². The van der Waals surface area contributed by atoms with Gasteiger partial charge in [0.1, 0.15) is 0 Å². The summed E-state index contributed by atoms with van der Waals surface area (Å²) in [5.41, 5.74) is 4.86. The first-order chi connectivity index (χ1) is 8.58. The molecule has 1 fully saturated rings. The Morgan fingerprint density at radius 2 is 1.78 bits per heavy atom. The normalized spacial score (nSPS) is 23.8. The van der Waals surface area contributed by atoms with E-state index in [-0.39, 0.29) is 5.41 Å². The Hall–Kier alpha value is -1.08. The van der Waals surface area contributed by atoms with Crippen molar-refractivity contribution in [3.05, 3.63) is 41.5 Å². The molecule has 96 valence electrons. The lowest BCUT2D eigenvalue weighted by atomic mass is 9.86. The summed E-state index contributed by atoms with van der Waals surface area (Å²) in [5.74, 6) is 0.768. The molecule has 0 spiro atoms. The quantitative estimate of drug-likeness (QED) is 0.724. The zero-order chi connectivity index (χ0) is 12.8. The number of nitrogens with zero attached hydrogens (tertiary/aromatic N) is 1. The van der Waals surface area contributed by atoms with Crippen LogP contribution in [-0.2, 0) is 5.41 Å². The predicted molar refractivity (Wildman–Crippen MR) is 77.7 cm³/mol. The second-order valence-electron chi connectivity index (χ2n) is 6.44. The third kappa shape index (κ3) is 1.91. The molecular weight excluding hydrogens is 218 g/mol. The van der Waals surface area contributed by atoms with E-state index >= 15 is 0 Å². The molecule has 0 atom stereocenters. The largest absolute Gasteiger partial charge is 0.306 e. The monoisotopic (exact) mass is 241 g/mol. The summed E-state index contributed by atoms with van der Waals surface area (Å²) in [7, 11) is 2.23. The highest BCUT2D eigenvalue weighted by molar-refractivity contribution is 5.77. The van der Waals surface area contributed by atoms with Crippen molar-refractivity contribution in [2.45, 2.75) is 32.1 Å². The van der Waals surface area contributed by atoms with Gasteiger partial charge in [0, 0.05) is 5.41 Å². The molecule has 1 aromatic carbocycles. The Morgan fingerprint density at radius 3 is 2.50 bits per heavy atom. The van der Waals surface area contributed by atoms with Crippen LogP contribution in [0.5, 0.6) is 0 Å². The van der Waals surface area contributed by atoms with Gasteiger partial charge in [0.25, 0.3) is 0 Å². The fourth-order valence-electron chi connectivity index (χ4n) is 3.50. The lowest BCUT2D eigenvalue weighted by molar-refractivity contribution is 0.248. The van der Waals surface area contributed by atoms with Crippen LogP contribution in [0.3, 0.4) is 0 Å². The topological polar surface area (TPSA) is 3.24 Å². The number of likely N-dealkylation sites (tertiary alicyclic amines) is 1. The highest BCUT2D eigenvalue weighted by Crippen LogP contribution is 2.45. The van der Waals surface area contributed by atoms with E-state index in [1.165, 1.54) is 37.1 Å². The van der Waals surface area contributed by atoms with Crippen molar-refractivity contribution >= 4 is 5.57 Å². The van der Waals surface area contributed by atoms with Gasteiger partial charge in [-0.3, -0.25) is 0 Å². The van der Waals surface area contributed by atoms with Crippen molar-refractivity contribution in [2.75, 3.05) is 20.1 Å². The Kier molecular flexibility index (Phi) is 2.82. The fourth-order valence-corrected chi connectivity index (χ4v) is 3.50. The number of fused-ring (bicyclic) bond motifs is 1. The first-order valence-electron chi connectivity index (χ1n) is 7.09. The summed E-state index contributed by atoms with van der Waals surface area (Å²) < 4.78 is 0. The average Bonchev–Trinajstić information content (AvgIpc) is 2.63. The van der Waals surface area contributed by atoms with Crippen molar-refractivity contribution in [3.63, 3.8) is 0 Å². The van der Waals surface area contributed by atoms with Gasteiger partial charge < -0.3 is 4.90 Å². The van der Waals surface area contributed by atoms with Gasteiger partial charge in [-0.1, -0.05) is 44.2 Å².